The predicted molar refractivity (Wildman–Crippen MR) is 73.5 cm³/mol. The van der Waals surface area contributed by atoms with Gasteiger partial charge in [0.1, 0.15) is 0 Å². The van der Waals surface area contributed by atoms with Gasteiger partial charge >= 0.3 is 5.97 Å². The van der Waals surface area contributed by atoms with Crippen molar-refractivity contribution in [1.82, 2.24) is 0 Å². The van der Waals surface area contributed by atoms with Crippen LogP contribution in [-0.4, -0.2) is 11.1 Å². The van der Waals surface area contributed by atoms with E-state index >= 15 is 0 Å². The topological polar surface area (TPSA) is 63.3 Å². The number of benzene rings is 1. The minimum Gasteiger partial charge on any atom is -0.478 e. The number of rotatable bonds is 2. The summed E-state index contributed by atoms with van der Waals surface area (Å²) in [7, 11) is 0. The smallest absolute Gasteiger partial charge is 0.335 e. The average Bonchev–Trinajstić information content (AvgIpc) is 2.40. The first-order chi connectivity index (χ1) is 8.63. The maximum atomic E-state index is 10.4. The van der Waals surface area contributed by atoms with E-state index in [2.05, 4.69) is 6.92 Å². The van der Waals surface area contributed by atoms with E-state index in [1.54, 1.807) is 24.3 Å². The minimum absolute atomic E-state index is 0.285. The van der Waals surface area contributed by atoms with Gasteiger partial charge in [-0.25, -0.2) is 4.79 Å². The Morgan fingerprint density at radius 2 is 2.00 bits per heavy atom. The van der Waals surface area contributed by atoms with E-state index in [4.69, 9.17) is 10.8 Å². The molecule has 0 aromatic heterocycles. The van der Waals surface area contributed by atoms with E-state index in [9.17, 15) is 4.79 Å². The summed E-state index contributed by atoms with van der Waals surface area (Å²) in [5.41, 5.74) is 6.45. The van der Waals surface area contributed by atoms with Crippen molar-refractivity contribution in [1.29, 1.82) is 0 Å². The lowest BCUT2D eigenvalue weighted by molar-refractivity contribution is 0.0697. The number of carboxylic acids is 1. The van der Waals surface area contributed by atoms with Crippen molar-refractivity contribution in [3.63, 3.8) is 0 Å². The molecule has 1 saturated carbocycles. The Hall–Kier alpha value is -1.35. The van der Waals surface area contributed by atoms with Crippen LogP contribution in [0.2, 0.25) is 0 Å². The van der Waals surface area contributed by atoms with Crippen LogP contribution in [0.25, 0.3) is 0 Å². The van der Waals surface area contributed by atoms with Gasteiger partial charge in [0.15, 0.2) is 0 Å². The lowest BCUT2D eigenvalue weighted by Gasteiger charge is -2.15. The second-order valence-electron chi connectivity index (χ2n) is 4.95. The molecule has 100 valence electrons. The van der Waals surface area contributed by atoms with Gasteiger partial charge in [0.25, 0.3) is 0 Å². The fourth-order valence-corrected chi connectivity index (χ4v) is 2.14. The largest absolute Gasteiger partial charge is 0.478 e. The van der Waals surface area contributed by atoms with Crippen LogP contribution < -0.4 is 5.73 Å². The fourth-order valence-electron chi connectivity index (χ4n) is 2.14. The Labute approximate surface area is 109 Å². The highest BCUT2D eigenvalue weighted by atomic mass is 16.4. The molecule has 0 aliphatic heterocycles. The number of nitrogens with two attached hydrogens (primary N) is 1. The summed E-state index contributed by atoms with van der Waals surface area (Å²) >= 11 is 0. The third-order valence-corrected chi connectivity index (χ3v) is 3.30. The van der Waals surface area contributed by atoms with E-state index in [0.717, 1.165) is 11.5 Å². The summed E-state index contributed by atoms with van der Waals surface area (Å²) < 4.78 is 0. The standard InChI is InChI=1S/C8H9NO2.C7H14/c9-5-6-2-1-3-7(4-6)8(10)11;1-7-5-3-2-4-6-7/h1-4H,5,9H2,(H,10,11);7H,2-6H2,1H3. The van der Waals surface area contributed by atoms with Crippen molar-refractivity contribution in [2.75, 3.05) is 0 Å². The quantitative estimate of drug-likeness (QED) is 0.844. The summed E-state index contributed by atoms with van der Waals surface area (Å²) in [4.78, 5) is 10.4. The van der Waals surface area contributed by atoms with Crippen LogP contribution in [0.3, 0.4) is 0 Å². The first-order valence-electron chi connectivity index (χ1n) is 6.65. The molecule has 1 fully saturated rings. The van der Waals surface area contributed by atoms with E-state index in [0.29, 0.717) is 6.54 Å². The molecule has 3 heteroatoms. The highest BCUT2D eigenvalue weighted by Gasteiger charge is 2.06. The van der Waals surface area contributed by atoms with Crippen molar-refractivity contribution in [2.24, 2.45) is 11.7 Å². The molecule has 18 heavy (non-hydrogen) atoms. The van der Waals surface area contributed by atoms with Gasteiger partial charge in [0.05, 0.1) is 5.56 Å². The Morgan fingerprint density at radius 3 is 2.44 bits per heavy atom. The summed E-state index contributed by atoms with van der Waals surface area (Å²) in [6, 6.07) is 6.60. The van der Waals surface area contributed by atoms with Crippen molar-refractivity contribution in [2.45, 2.75) is 45.6 Å². The monoisotopic (exact) mass is 249 g/mol. The van der Waals surface area contributed by atoms with Crippen LogP contribution >= 0.6 is 0 Å². The molecule has 3 N–H and O–H groups in total. The van der Waals surface area contributed by atoms with E-state index in [-0.39, 0.29) is 5.56 Å². The van der Waals surface area contributed by atoms with Crippen LogP contribution in [0.5, 0.6) is 0 Å². The van der Waals surface area contributed by atoms with Crippen molar-refractivity contribution in [3.05, 3.63) is 35.4 Å². The van der Waals surface area contributed by atoms with Gasteiger partial charge < -0.3 is 10.8 Å². The van der Waals surface area contributed by atoms with Crippen molar-refractivity contribution < 1.29 is 9.90 Å². The number of hydrogen-bond donors (Lipinski definition) is 2. The van der Waals surface area contributed by atoms with Crippen LogP contribution in [0.15, 0.2) is 24.3 Å². The Balaban J connectivity index is 0.000000199. The molecule has 1 aliphatic rings. The molecular weight excluding hydrogens is 226 g/mol. The van der Waals surface area contributed by atoms with Gasteiger partial charge in [0.2, 0.25) is 0 Å². The summed E-state index contributed by atoms with van der Waals surface area (Å²) in [6.45, 7) is 2.74. The summed E-state index contributed by atoms with van der Waals surface area (Å²) in [5, 5.41) is 8.56. The number of hydrogen-bond acceptors (Lipinski definition) is 2. The average molecular weight is 249 g/mol. The van der Waals surface area contributed by atoms with Crippen LogP contribution in [0, 0.1) is 5.92 Å². The SMILES string of the molecule is CC1CCCCC1.NCc1cccc(C(=O)O)c1. The molecule has 1 aromatic rings. The molecule has 3 nitrogen and oxygen atoms in total. The Kier molecular flexibility index (Phi) is 6.44. The molecule has 0 spiro atoms. The van der Waals surface area contributed by atoms with Gasteiger partial charge in [-0.3, -0.25) is 0 Å². The Bertz CT molecular complexity index is 371. The first kappa shape index (κ1) is 14.7. The zero-order chi connectivity index (χ0) is 13.4. The maximum absolute atomic E-state index is 10.4. The zero-order valence-corrected chi connectivity index (χ0v) is 11.1. The lowest BCUT2D eigenvalue weighted by atomic mass is 9.91. The molecule has 1 aromatic carbocycles. The third-order valence-electron chi connectivity index (χ3n) is 3.30. The van der Waals surface area contributed by atoms with Crippen LogP contribution in [-0.2, 0) is 6.54 Å². The van der Waals surface area contributed by atoms with Gasteiger partial charge in [0, 0.05) is 6.54 Å². The highest BCUT2D eigenvalue weighted by molar-refractivity contribution is 5.87. The zero-order valence-electron chi connectivity index (χ0n) is 11.1. The lowest BCUT2D eigenvalue weighted by Crippen LogP contribution is -2.00. The second-order valence-corrected chi connectivity index (χ2v) is 4.95. The van der Waals surface area contributed by atoms with Gasteiger partial charge in [-0.1, -0.05) is 51.2 Å². The number of aromatic carboxylic acids is 1. The van der Waals surface area contributed by atoms with Gasteiger partial charge in [-0.15, -0.1) is 0 Å². The van der Waals surface area contributed by atoms with Crippen molar-refractivity contribution >= 4 is 5.97 Å². The van der Waals surface area contributed by atoms with E-state index in [1.165, 1.54) is 32.1 Å². The highest BCUT2D eigenvalue weighted by Crippen LogP contribution is 2.22. The summed E-state index contributed by atoms with van der Waals surface area (Å²) in [5.74, 6) is 0.119. The molecule has 0 radical (unpaired) electrons. The maximum Gasteiger partial charge on any atom is 0.335 e. The second kappa shape index (κ2) is 7.88. The molecule has 0 atom stereocenters. The van der Waals surface area contributed by atoms with Crippen LogP contribution in [0.1, 0.15) is 54.9 Å². The van der Waals surface area contributed by atoms with Gasteiger partial charge in [-0.05, 0) is 23.6 Å². The minimum atomic E-state index is -0.916. The molecule has 2 rings (SSSR count). The van der Waals surface area contributed by atoms with Gasteiger partial charge in [-0.2, -0.15) is 0 Å². The van der Waals surface area contributed by atoms with E-state index < -0.39 is 5.97 Å². The first-order valence-corrected chi connectivity index (χ1v) is 6.65. The fraction of sp³-hybridized carbons (Fsp3) is 0.533. The van der Waals surface area contributed by atoms with Crippen LogP contribution in [0.4, 0.5) is 0 Å². The molecule has 1 aliphatic carbocycles. The molecule has 0 amide bonds. The molecular formula is C15H23NO2. The normalized spacial score (nSPS) is 15.7. The van der Waals surface area contributed by atoms with E-state index in [1.807, 2.05) is 0 Å². The molecule has 0 heterocycles. The number of carboxylic acid groups (broad SMARTS) is 1. The summed E-state index contributed by atoms with van der Waals surface area (Å²) in [6.07, 6.45) is 7.44. The third kappa shape index (κ3) is 5.32. The molecule has 0 unspecified atom stereocenters. The molecule has 0 saturated heterocycles. The van der Waals surface area contributed by atoms with Crippen molar-refractivity contribution in [3.8, 4) is 0 Å². The predicted octanol–water partition coefficient (Wildman–Crippen LogP) is 3.43. The molecule has 0 bridgehead atoms. The number of carbonyl (C=O) groups is 1. The Morgan fingerprint density at radius 1 is 1.33 bits per heavy atom.